The van der Waals surface area contributed by atoms with Crippen molar-refractivity contribution in [1.29, 1.82) is 0 Å². The summed E-state index contributed by atoms with van der Waals surface area (Å²) in [6, 6.07) is 8.29. The summed E-state index contributed by atoms with van der Waals surface area (Å²) in [5.41, 5.74) is 0.471. The average Bonchev–Trinajstić information content (AvgIpc) is 2.36. The lowest BCUT2D eigenvalue weighted by Gasteiger charge is -2.21. The van der Waals surface area contributed by atoms with Crippen LogP contribution in [0.15, 0.2) is 24.3 Å². The zero-order valence-corrected chi connectivity index (χ0v) is 11.2. The molecule has 0 fully saturated rings. The molecule has 0 saturated carbocycles. The third-order valence-electron chi connectivity index (χ3n) is 3.12. The Bertz CT molecular complexity index is 333. The van der Waals surface area contributed by atoms with Gasteiger partial charge in [0, 0.05) is 6.04 Å². The van der Waals surface area contributed by atoms with Crippen molar-refractivity contribution in [2.24, 2.45) is 0 Å². The minimum atomic E-state index is -0.753. The Labute approximate surface area is 104 Å². The summed E-state index contributed by atoms with van der Waals surface area (Å²) in [7, 11) is 1.94. The van der Waals surface area contributed by atoms with Crippen LogP contribution in [-0.4, -0.2) is 24.4 Å². The van der Waals surface area contributed by atoms with Crippen LogP contribution in [0.2, 0.25) is 0 Å². The van der Waals surface area contributed by atoms with Crippen LogP contribution >= 0.6 is 0 Å². The van der Waals surface area contributed by atoms with Crippen molar-refractivity contribution in [2.45, 2.75) is 38.8 Å². The molecule has 3 heteroatoms. The minimum Gasteiger partial charge on any atom is -0.491 e. The molecule has 0 spiro atoms. The van der Waals surface area contributed by atoms with Gasteiger partial charge in [-0.2, -0.15) is 0 Å². The van der Waals surface area contributed by atoms with Gasteiger partial charge in [-0.3, -0.25) is 0 Å². The van der Waals surface area contributed by atoms with Crippen molar-refractivity contribution in [3.8, 4) is 5.75 Å². The topological polar surface area (TPSA) is 41.5 Å². The van der Waals surface area contributed by atoms with E-state index in [2.05, 4.69) is 12.2 Å². The van der Waals surface area contributed by atoms with Crippen molar-refractivity contribution in [2.75, 3.05) is 13.7 Å². The van der Waals surface area contributed by atoms with E-state index in [0.29, 0.717) is 19.1 Å². The Morgan fingerprint density at radius 1 is 1.35 bits per heavy atom. The third-order valence-corrected chi connectivity index (χ3v) is 3.12. The Balaban J connectivity index is 2.57. The van der Waals surface area contributed by atoms with E-state index in [9.17, 15) is 5.11 Å². The van der Waals surface area contributed by atoms with Crippen molar-refractivity contribution >= 4 is 0 Å². The van der Waals surface area contributed by atoms with Crippen molar-refractivity contribution in [3.05, 3.63) is 29.8 Å². The summed E-state index contributed by atoms with van der Waals surface area (Å²) in [5, 5.41) is 13.0. The van der Waals surface area contributed by atoms with Gasteiger partial charge < -0.3 is 15.2 Å². The lowest BCUT2D eigenvalue weighted by molar-refractivity contribution is 0.00846. The maximum absolute atomic E-state index is 9.83. The highest BCUT2D eigenvalue weighted by molar-refractivity contribution is 5.28. The molecule has 17 heavy (non-hydrogen) atoms. The smallest absolute Gasteiger partial charge is 0.119 e. The monoisotopic (exact) mass is 237 g/mol. The molecule has 0 aliphatic carbocycles. The fourth-order valence-electron chi connectivity index (χ4n) is 1.36. The van der Waals surface area contributed by atoms with Crippen LogP contribution in [0.4, 0.5) is 0 Å². The average molecular weight is 237 g/mol. The number of rotatable bonds is 6. The van der Waals surface area contributed by atoms with Crippen LogP contribution in [0.1, 0.15) is 38.8 Å². The Morgan fingerprint density at radius 3 is 2.41 bits per heavy atom. The van der Waals surface area contributed by atoms with Gasteiger partial charge >= 0.3 is 0 Å². The molecule has 3 nitrogen and oxygen atoms in total. The van der Waals surface area contributed by atoms with E-state index < -0.39 is 5.60 Å². The van der Waals surface area contributed by atoms with E-state index in [1.54, 1.807) is 6.92 Å². The standard InChI is InChI=1S/C14H23NO2/c1-5-14(3,16)10-17-13-8-6-12(7-9-13)11(2)15-4/h6-9,11,15-16H,5,10H2,1-4H3. The summed E-state index contributed by atoms with van der Waals surface area (Å²) in [4.78, 5) is 0. The van der Waals surface area contributed by atoms with Crippen molar-refractivity contribution in [1.82, 2.24) is 5.32 Å². The van der Waals surface area contributed by atoms with Gasteiger partial charge in [-0.05, 0) is 45.0 Å². The number of hydrogen-bond donors (Lipinski definition) is 2. The maximum atomic E-state index is 9.83. The third kappa shape index (κ3) is 4.36. The van der Waals surface area contributed by atoms with Gasteiger partial charge in [0.1, 0.15) is 12.4 Å². The van der Waals surface area contributed by atoms with Crippen LogP contribution in [-0.2, 0) is 0 Å². The molecule has 1 rings (SSSR count). The van der Waals surface area contributed by atoms with Crippen molar-refractivity contribution in [3.63, 3.8) is 0 Å². The van der Waals surface area contributed by atoms with Crippen molar-refractivity contribution < 1.29 is 9.84 Å². The second-order valence-electron chi connectivity index (χ2n) is 4.72. The molecule has 0 heterocycles. The highest BCUT2D eigenvalue weighted by Gasteiger charge is 2.18. The van der Waals surface area contributed by atoms with Crippen LogP contribution in [0, 0.1) is 0 Å². The first kappa shape index (κ1) is 14.0. The molecule has 0 aliphatic rings. The number of aliphatic hydroxyl groups is 1. The van der Waals surface area contributed by atoms with Gasteiger partial charge in [0.25, 0.3) is 0 Å². The Morgan fingerprint density at radius 2 is 1.94 bits per heavy atom. The van der Waals surface area contributed by atoms with Gasteiger partial charge in [0.2, 0.25) is 0 Å². The molecule has 0 bridgehead atoms. The second-order valence-corrected chi connectivity index (χ2v) is 4.72. The summed E-state index contributed by atoms with van der Waals surface area (Å²) in [6.45, 7) is 6.16. The SMILES string of the molecule is CCC(C)(O)COc1ccc(C(C)NC)cc1. The fraction of sp³-hybridized carbons (Fsp3) is 0.571. The van der Waals surface area contributed by atoms with Crippen LogP contribution in [0.5, 0.6) is 5.75 Å². The van der Waals surface area contributed by atoms with E-state index in [1.165, 1.54) is 5.56 Å². The molecule has 2 unspecified atom stereocenters. The predicted octanol–water partition coefficient (Wildman–Crippen LogP) is 2.51. The molecule has 2 N–H and O–H groups in total. The normalized spacial score (nSPS) is 16.3. The highest BCUT2D eigenvalue weighted by Crippen LogP contribution is 2.19. The number of benzene rings is 1. The number of hydrogen-bond acceptors (Lipinski definition) is 3. The quantitative estimate of drug-likeness (QED) is 0.798. The lowest BCUT2D eigenvalue weighted by Crippen LogP contribution is -2.31. The zero-order chi connectivity index (χ0) is 12.9. The molecule has 0 aliphatic heterocycles. The van der Waals surface area contributed by atoms with E-state index in [-0.39, 0.29) is 0 Å². The van der Waals surface area contributed by atoms with E-state index >= 15 is 0 Å². The molecular formula is C14H23NO2. The summed E-state index contributed by atoms with van der Waals surface area (Å²) < 4.78 is 5.56. The summed E-state index contributed by atoms with van der Waals surface area (Å²) in [6.07, 6.45) is 0.682. The molecule has 0 aromatic heterocycles. The van der Waals surface area contributed by atoms with E-state index in [4.69, 9.17) is 4.74 Å². The van der Waals surface area contributed by atoms with Gasteiger partial charge in [0.05, 0.1) is 5.60 Å². The van der Waals surface area contributed by atoms with Crippen LogP contribution in [0.3, 0.4) is 0 Å². The van der Waals surface area contributed by atoms with Gasteiger partial charge in [-0.15, -0.1) is 0 Å². The first-order valence-corrected chi connectivity index (χ1v) is 6.11. The minimum absolute atomic E-state index is 0.324. The molecule has 96 valence electrons. The Kier molecular flexibility index (Phi) is 4.97. The molecule has 0 amide bonds. The molecule has 1 aromatic rings. The predicted molar refractivity (Wildman–Crippen MR) is 70.3 cm³/mol. The first-order chi connectivity index (χ1) is 7.98. The lowest BCUT2D eigenvalue weighted by atomic mass is 10.1. The molecular weight excluding hydrogens is 214 g/mol. The van der Waals surface area contributed by atoms with Crippen LogP contribution < -0.4 is 10.1 Å². The Hall–Kier alpha value is -1.06. The maximum Gasteiger partial charge on any atom is 0.119 e. The van der Waals surface area contributed by atoms with E-state index in [0.717, 1.165) is 5.75 Å². The highest BCUT2D eigenvalue weighted by atomic mass is 16.5. The van der Waals surface area contributed by atoms with E-state index in [1.807, 2.05) is 38.2 Å². The number of ether oxygens (including phenoxy) is 1. The zero-order valence-electron chi connectivity index (χ0n) is 11.2. The number of nitrogens with one attached hydrogen (secondary N) is 1. The molecule has 1 aromatic carbocycles. The fourth-order valence-corrected chi connectivity index (χ4v) is 1.36. The molecule has 2 atom stereocenters. The van der Waals surface area contributed by atoms with Gasteiger partial charge in [0.15, 0.2) is 0 Å². The second kappa shape index (κ2) is 6.03. The summed E-state index contributed by atoms with van der Waals surface area (Å²) in [5.74, 6) is 0.797. The van der Waals surface area contributed by atoms with Crippen LogP contribution in [0.25, 0.3) is 0 Å². The van der Waals surface area contributed by atoms with Gasteiger partial charge in [-0.1, -0.05) is 19.1 Å². The molecule has 0 radical (unpaired) electrons. The van der Waals surface area contributed by atoms with Gasteiger partial charge in [-0.25, -0.2) is 0 Å². The first-order valence-electron chi connectivity index (χ1n) is 6.11. The summed E-state index contributed by atoms with van der Waals surface area (Å²) >= 11 is 0. The largest absolute Gasteiger partial charge is 0.491 e. The molecule has 0 saturated heterocycles.